The summed E-state index contributed by atoms with van der Waals surface area (Å²) in [6.45, 7) is 1.12. The van der Waals surface area contributed by atoms with Crippen molar-refractivity contribution < 1.29 is 5.11 Å². The zero-order valence-corrected chi connectivity index (χ0v) is 9.56. The van der Waals surface area contributed by atoms with Crippen LogP contribution in [0.1, 0.15) is 32.1 Å². The molecule has 2 aliphatic rings. The van der Waals surface area contributed by atoms with Crippen LogP contribution >= 0.6 is 11.8 Å². The zero-order valence-electron chi connectivity index (χ0n) is 8.74. The van der Waals surface area contributed by atoms with Crippen molar-refractivity contribution in [2.24, 2.45) is 5.92 Å². The zero-order chi connectivity index (χ0) is 9.80. The molecule has 0 spiro atoms. The molecule has 3 atom stereocenters. The molecule has 2 nitrogen and oxygen atoms in total. The molecule has 2 N–H and O–H groups in total. The molecule has 3 heteroatoms. The highest BCUT2D eigenvalue weighted by Crippen LogP contribution is 2.24. The fraction of sp³-hybridized carbons (Fsp3) is 1.00. The summed E-state index contributed by atoms with van der Waals surface area (Å²) >= 11 is 2.07. The van der Waals surface area contributed by atoms with Crippen LogP contribution in [0.4, 0.5) is 0 Å². The Morgan fingerprint density at radius 3 is 2.79 bits per heavy atom. The molecule has 2 rings (SSSR count). The molecule has 0 radical (unpaired) electrons. The maximum absolute atomic E-state index is 9.78. The van der Waals surface area contributed by atoms with E-state index < -0.39 is 0 Å². The van der Waals surface area contributed by atoms with Crippen molar-refractivity contribution >= 4 is 11.8 Å². The number of aliphatic hydroxyl groups is 1. The Hall–Kier alpha value is 0.270. The Morgan fingerprint density at radius 1 is 1.21 bits per heavy atom. The van der Waals surface area contributed by atoms with Gasteiger partial charge < -0.3 is 10.4 Å². The average Bonchev–Trinajstić information content (AvgIpc) is 2.69. The van der Waals surface area contributed by atoms with E-state index in [-0.39, 0.29) is 6.10 Å². The van der Waals surface area contributed by atoms with Gasteiger partial charge in [0.25, 0.3) is 0 Å². The molecule has 1 aliphatic heterocycles. The second kappa shape index (κ2) is 5.38. The van der Waals surface area contributed by atoms with Gasteiger partial charge in [0, 0.05) is 6.04 Å². The van der Waals surface area contributed by atoms with Gasteiger partial charge in [-0.05, 0) is 43.2 Å². The van der Waals surface area contributed by atoms with Crippen molar-refractivity contribution in [2.45, 2.75) is 44.2 Å². The lowest BCUT2D eigenvalue weighted by Crippen LogP contribution is -2.43. The summed E-state index contributed by atoms with van der Waals surface area (Å²) in [5, 5.41) is 13.3. The first kappa shape index (κ1) is 10.8. The average molecular weight is 215 g/mol. The standard InChI is InChI=1S/C11H21NOS/c13-11-4-2-1-3-10(11)12-7-9-5-6-14-8-9/h9-13H,1-8H2/t9?,10-,11-/m0/s1. The van der Waals surface area contributed by atoms with Gasteiger partial charge in [0.1, 0.15) is 0 Å². The molecule has 1 saturated heterocycles. The molecule has 0 aromatic heterocycles. The fourth-order valence-corrected chi connectivity index (χ4v) is 3.70. The smallest absolute Gasteiger partial charge is 0.0693 e. The predicted octanol–water partition coefficient (Wildman–Crippen LogP) is 1.63. The Morgan fingerprint density at radius 2 is 2.07 bits per heavy atom. The van der Waals surface area contributed by atoms with E-state index in [1.165, 1.54) is 37.2 Å². The van der Waals surface area contributed by atoms with Gasteiger partial charge in [0.15, 0.2) is 0 Å². The molecule has 0 aromatic carbocycles. The highest BCUT2D eigenvalue weighted by Gasteiger charge is 2.24. The van der Waals surface area contributed by atoms with Crippen LogP contribution in [0.2, 0.25) is 0 Å². The summed E-state index contributed by atoms with van der Waals surface area (Å²) in [5.41, 5.74) is 0. The van der Waals surface area contributed by atoms with Crippen molar-refractivity contribution in [3.05, 3.63) is 0 Å². The van der Waals surface area contributed by atoms with E-state index in [1.807, 2.05) is 0 Å². The first-order valence-corrected chi connectivity index (χ1v) is 7.01. The van der Waals surface area contributed by atoms with E-state index in [2.05, 4.69) is 17.1 Å². The van der Waals surface area contributed by atoms with Gasteiger partial charge in [-0.25, -0.2) is 0 Å². The lowest BCUT2D eigenvalue weighted by Gasteiger charge is -2.29. The molecule has 1 unspecified atom stereocenters. The first-order chi connectivity index (χ1) is 6.86. The molecular weight excluding hydrogens is 194 g/mol. The van der Waals surface area contributed by atoms with E-state index in [9.17, 15) is 5.11 Å². The van der Waals surface area contributed by atoms with Crippen LogP contribution in [-0.2, 0) is 0 Å². The Balaban J connectivity index is 1.67. The van der Waals surface area contributed by atoms with Crippen LogP contribution in [0.15, 0.2) is 0 Å². The number of rotatable bonds is 3. The minimum Gasteiger partial charge on any atom is -0.392 e. The maximum atomic E-state index is 9.78. The minimum absolute atomic E-state index is 0.0854. The summed E-state index contributed by atoms with van der Waals surface area (Å²) in [5.74, 6) is 3.50. The summed E-state index contributed by atoms with van der Waals surface area (Å²) in [6.07, 6.45) is 5.93. The van der Waals surface area contributed by atoms with Gasteiger partial charge in [0.2, 0.25) is 0 Å². The highest BCUT2D eigenvalue weighted by atomic mass is 32.2. The van der Waals surface area contributed by atoms with Gasteiger partial charge in [0.05, 0.1) is 6.10 Å². The lowest BCUT2D eigenvalue weighted by molar-refractivity contribution is 0.0894. The Bertz CT molecular complexity index is 171. The van der Waals surface area contributed by atoms with Crippen LogP contribution in [0, 0.1) is 5.92 Å². The summed E-state index contributed by atoms with van der Waals surface area (Å²) in [6, 6.07) is 0.384. The Kier molecular flexibility index (Phi) is 4.14. The summed E-state index contributed by atoms with van der Waals surface area (Å²) < 4.78 is 0. The molecule has 1 aliphatic carbocycles. The van der Waals surface area contributed by atoms with Gasteiger partial charge >= 0.3 is 0 Å². The van der Waals surface area contributed by atoms with Gasteiger partial charge in [-0.3, -0.25) is 0 Å². The van der Waals surface area contributed by atoms with Crippen molar-refractivity contribution in [2.75, 3.05) is 18.1 Å². The minimum atomic E-state index is -0.0854. The molecule has 2 fully saturated rings. The molecule has 82 valence electrons. The van der Waals surface area contributed by atoms with Crippen LogP contribution in [0.25, 0.3) is 0 Å². The van der Waals surface area contributed by atoms with Crippen LogP contribution in [-0.4, -0.2) is 35.3 Å². The van der Waals surface area contributed by atoms with E-state index in [0.717, 1.165) is 18.9 Å². The van der Waals surface area contributed by atoms with Crippen molar-refractivity contribution in [1.82, 2.24) is 5.32 Å². The molecule has 0 amide bonds. The maximum Gasteiger partial charge on any atom is 0.0693 e. The fourth-order valence-electron chi connectivity index (χ4n) is 2.41. The van der Waals surface area contributed by atoms with Crippen molar-refractivity contribution in [3.63, 3.8) is 0 Å². The predicted molar refractivity (Wildman–Crippen MR) is 61.7 cm³/mol. The van der Waals surface area contributed by atoms with Gasteiger partial charge in [-0.1, -0.05) is 12.8 Å². The number of hydrogen-bond acceptors (Lipinski definition) is 3. The van der Waals surface area contributed by atoms with E-state index >= 15 is 0 Å². The van der Waals surface area contributed by atoms with E-state index in [4.69, 9.17) is 0 Å². The van der Waals surface area contributed by atoms with Crippen molar-refractivity contribution in [1.29, 1.82) is 0 Å². The van der Waals surface area contributed by atoms with Gasteiger partial charge in [-0.2, -0.15) is 11.8 Å². The number of aliphatic hydroxyl groups excluding tert-OH is 1. The third-order valence-corrected chi connectivity index (χ3v) is 4.65. The highest BCUT2D eigenvalue weighted by molar-refractivity contribution is 7.99. The summed E-state index contributed by atoms with van der Waals surface area (Å²) in [7, 11) is 0. The monoisotopic (exact) mass is 215 g/mol. The van der Waals surface area contributed by atoms with Crippen molar-refractivity contribution in [3.8, 4) is 0 Å². The normalized spacial score (nSPS) is 38.8. The quantitative estimate of drug-likeness (QED) is 0.750. The molecule has 0 bridgehead atoms. The van der Waals surface area contributed by atoms with Crippen LogP contribution in [0.3, 0.4) is 0 Å². The lowest BCUT2D eigenvalue weighted by atomic mass is 9.92. The third kappa shape index (κ3) is 2.88. The summed E-state index contributed by atoms with van der Waals surface area (Å²) in [4.78, 5) is 0. The first-order valence-electron chi connectivity index (χ1n) is 5.85. The van der Waals surface area contributed by atoms with Crippen LogP contribution in [0.5, 0.6) is 0 Å². The third-order valence-electron chi connectivity index (χ3n) is 3.42. The molecule has 14 heavy (non-hydrogen) atoms. The topological polar surface area (TPSA) is 32.3 Å². The number of nitrogens with one attached hydrogen (secondary N) is 1. The van der Waals surface area contributed by atoms with Crippen LogP contribution < -0.4 is 5.32 Å². The SMILES string of the molecule is O[C@H]1CCCC[C@@H]1NCC1CCSC1. The van der Waals surface area contributed by atoms with E-state index in [1.54, 1.807) is 0 Å². The molecular formula is C11H21NOS. The largest absolute Gasteiger partial charge is 0.392 e. The number of hydrogen-bond donors (Lipinski definition) is 2. The number of thioether (sulfide) groups is 1. The van der Waals surface area contributed by atoms with E-state index in [0.29, 0.717) is 6.04 Å². The second-order valence-corrected chi connectivity index (χ2v) is 5.75. The molecule has 0 aromatic rings. The Labute approximate surface area is 90.8 Å². The second-order valence-electron chi connectivity index (χ2n) is 4.60. The molecule has 1 saturated carbocycles. The van der Waals surface area contributed by atoms with Gasteiger partial charge in [-0.15, -0.1) is 0 Å². The molecule has 1 heterocycles.